The van der Waals surface area contributed by atoms with Crippen molar-refractivity contribution in [1.29, 1.82) is 0 Å². The predicted molar refractivity (Wildman–Crippen MR) is 192 cm³/mol. The van der Waals surface area contributed by atoms with Gasteiger partial charge in [0.2, 0.25) is 0 Å². The van der Waals surface area contributed by atoms with Crippen molar-refractivity contribution >= 4 is 73.8 Å². The number of ketones is 2. The number of nitrogens with one attached hydrogen (secondary N) is 2. The number of aryl methyl sites for hydroxylation is 4. The zero-order valence-corrected chi connectivity index (χ0v) is 30.6. The van der Waals surface area contributed by atoms with Crippen LogP contribution >= 0.6 is 21.4 Å². The molecule has 0 unspecified atom stereocenters. The van der Waals surface area contributed by atoms with Crippen LogP contribution in [0.5, 0.6) is 0 Å². The second-order valence-electron chi connectivity index (χ2n) is 11.7. The Labute approximate surface area is 290 Å². The zero-order valence-electron chi connectivity index (χ0n) is 27.5. The summed E-state index contributed by atoms with van der Waals surface area (Å²) >= 11 is 0. The molecule has 4 aromatic carbocycles. The van der Waals surface area contributed by atoms with Crippen molar-refractivity contribution in [2.24, 2.45) is 0 Å². The van der Waals surface area contributed by atoms with E-state index in [1.54, 1.807) is 62.4 Å². The lowest BCUT2D eigenvalue weighted by Crippen LogP contribution is -2.24. The fraction of sp³-hybridized carbons (Fsp3) is 0.278. The predicted octanol–water partition coefficient (Wildman–Crippen LogP) is 8.67. The average molecular weight is 728 g/mol. The van der Waals surface area contributed by atoms with E-state index in [0.29, 0.717) is 70.7 Å². The highest BCUT2D eigenvalue weighted by atomic mass is 35.7. The summed E-state index contributed by atoms with van der Waals surface area (Å²) in [5.74, 6) is -0.779. The molecule has 0 heterocycles. The molecule has 252 valence electrons. The van der Waals surface area contributed by atoms with E-state index in [1.165, 1.54) is 0 Å². The fourth-order valence-electron chi connectivity index (χ4n) is 6.81. The number of anilines is 4. The van der Waals surface area contributed by atoms with E-state index in [-0.39, 0.29) is 43.6 Å². The molecule has 0 bridgehead atoms. The van der Waals surface area contributed by atoms with Crippen LogP contribution < -0.4 is 10.6 Å². The number of hydrogen-bond donors (Lipinski definition) is 2. The monoisotopic (exact) mass is 726 g/mol. The number of benzene rings is 4. The SMILES string of the molecule is CCc1cc(C)c(S(=O)(=O)Cl)c(CC)c1Nc1ccc(Nc2c(CC)cc(C)c(S(=O)(=O)Cl)c2CC)c2c1C(=O)c1ccccc1C2=O. The highest BCUT2D eigenvalue weighted by Crippen LogP contribution is 2.43. The number of carbonyl (C=O) groups excluding carboxylic acids is 2. The Hall–Kier alpha value is -3.70. The number of hydrogen-bond acceptors (Lipinski definition) is 8. The molecule has 4 aromatic rings. The first kappa shape index (κ1) is 35.6. The van der Waals surface area contributed by atoms with E-state index in [1.807, 2.05) is 27.7 Å². The molecule has 8 nitrogen and oxygen atoms in total. The second-order valence-corrected chi connectivity index (χ2v) is 16.7. The maximum Gasteiger partial charge on any atom is 0.261 e. The molecule has 0 fully saturated rings. The maximum atomic E-state index is 14.3. The van der Waals surface area contributed by atoms with Crippen LogP contribution in [0, 0.1) is 13.8 Å². The summed E-state index contributed by atoms with van der Waals surface area (Å²) in [6.45, 7) is 10.9. The Balaban J connectivity index is 1.81. The number of rotatable bonds is 10. The van der Waals surface area contributed by atoms with Gasteiger partial charge in [0.1, 0.15) is 0 Å². The van der Waals surface area contributed by atoms with Gasteiger partial charge in [0.15, 0.2) is 11.6 Å². The summed E-state index contributed by atoms with van der Waals surface area (Å²) in [5.41, 5.74) is 5.94. The van der Waals surface area contributed by atoms with Crippen molar-refractivity contribution in [3.63, 3.8) is 0 Å². The molecule has 2 N–H and O–H groups in total. The third-order valence-corrected chi connectivity index (χ3v) is 11.9. The maximum absolute atomic E-state index is 14.3. The first-order chi connectivity index (χ1) is 22.6. The van der Waals surface area contributed by atoms with E-state index >= 15 is 0 Å². The number of halogens is 2. The topological polar surface area (TPSA) is 126 Å². The third-order valence-electron chi connectivity index (χ3n) is 8.84. The van der Waals surface area contributed by atoms with Gasteiger partial charge in [-0.3, -0.25) is 9.59 Å². The Morgan fingerprint density at radius 1 is 0.583 bits per heavy atom. The normalized spacial score (nSPS) is 12.9. The highest BCUT2D eigenvalue weighted by Gasteiger charge is 2.35. The minimum absolute atomic E-state index is 0.00915. The quantitative estimate of drug-likeness (QED) is 0.137. The van der Waals surface area contributed by atoms with Gasteiger partial charge in [0.05, 0.1) is 32.3 Å². The van der Waals surface area contributed by atoms with E-state index < -0.39 is 18.1 Å². The Kier molecular flexibility index (Phi) is 9.87. The molecule has 0 atom stereocenters. The molecule has 0 aromatic heterocycles. The molecule has 48 heavy (non-hydrogen) atoms. The van der Waals surface area contributed by atoms with Crippen molar-refractivity contribution < 1.29 is 26.4 Å². The van der Waals surface area contributed by atoms with Crippen molar-refractivity contribution in [2.45, 2.75) is 77.0 Å². The second kappa shape index (κ2) is 13.3. The van der Waals surface area contributed by atoms with Crippen molar-refractivity contribution in [2.75, 3.05) is 10.6 Å². The minimum Gasteiger partial charge on any atom is -0.354 e. The van der Waals surface area contributed by atoms with Crippen LogP contribution in [0.4, 0.5) is 22.7 Å². The zero-order chi connectivity index (χ0) is 35.3. The third kappa shape index (κ3) is 6.15. The van der Waals surface area contributed by atoms with Crippen LogP contribution in [0.25, 0.3) is 0 Å². The summed E-state index contributed by atoms with van der Waals surface area (Å²) in [6.07, 6.45) is 1.76. The summed E-state index contributed by atoms with van der Waals surface area (Å²) < 4.78 is 50.9. The minimum atomic E-state index is -4.12. The van der Waals surface area contributed by atoms with Gasteiger partial charge in [-0.2, -0.15) is 0 Å². The molecule has 0 saturated carbocycles. The molecular formula is C36H36Cl2N2O6S2. The van der Waals surface area contributed by atoms with Crippen LogP contribution in [-0.4, -0.2) is 28.4 Å². The van der Waals surface area contributed by atoms with Crippen LogP contribution in [-0.2, 0) is 43.8 Å². The fourth-order valence-corrected chi connectivity index (χ4v) is 10.1. The van der Waals surface area contributed by atoms with E-state index in [4.69, 9.17) is 21.4 Å². The molecule has 0 amide bonds. The van der Waals surface area contributed by atoms with E-state index in [2.05, 4.69) is 10.6 Å². The number of fused-ring (bicyclic) bond motifs is 2. The summed E-state index contributed by atoms with van der Waals surface area (Å²) in [4.78, 5) is 28.6. The van der Waals surface area contributed by atoms with Gasteiger partial charge >= 0.3 is 0 Å². The van der Waals surface area contributed by atoms with Gasteiger partial charge in [-0.15, -0.1) is 0 Å². The Morgan fingerprint density at radius 3 is 1.23 bits per heavy atom. The van der Waals surface area contributed by atoms with Crippen LogP contribution in [0.1, 0.15) is 92.9 Å². The molecule has 1 aliphatic rings. The summed E-state index contributed by atoms with van der Waals surface area (Å²) in [5, 5.41) is 6.69. The molecule has 0 saturated heterocycles. The lowest BCUT2D eigenvalue weighted by molar-refractivity contribution is 0.0980. The van der Waals surface area contributed by atoms with Gasteiger partial charge in [-0.05, 0) is 85.0 Å². The van der Waals surface area contributed by atoms with Crippen LogP contribution in [0.15, 0.2) is 58.3 Å². The molecule has 12 heteroatoms. The summed E-state index contributed by atoms with van der Waals surface area (Å²) in [7, 11) is 3.61. The molecule has 5 rings (SSSR count). The van der Waals surface area contributed by atoms with Gasteiger partial charge in [-0.1, -0.05) is 64.1 Å². The first-order valence-electron chi connectivity index (χ1n) is 15.7. The van der Waals surface area contributed by atoms with E-state index in [9.17, 15) is 26.4 Å². The van der Waals surface area contributed by atoms with Crippen molar-refractivity contribution in [1.82, 2.24) is 0 Å². The van der Waals surface area contributed by atoms with Gasteiger partial charge in [0, 0.05) is 43.9 Å². The molecule has 0 radical (unpaired) electrons. The molecule has 0 spiro atoms. The lowest BCUT2D eigenvalue weighted by Gasteiger charge is -2.27. The standard InChI is InChI=1S/C36H36Cl2N2O6S2/c1-7-21-17-19(5)35(47(37,43)44)23(9-3)31(21)39-27-15-16-28(30-29(27)33(41)25-13-11-12-14-26(25)34(30)42)40-32-22(8-2)18-20(6)36(24(32)10-4)48(38,45)46/h11-18,39-40H,7-10H2,1-6H3. The van der Waals surface area contributed by atoms with Crippen LogP contribution in [0.3, 0.4) is 0 Å². The van der Waals surface area contributed by atoms with Gasteiger partial charge in [-0.25, -0.2) is 16.8 Å². The average Bonchev–Trinajstić information content (AvgIpc) is 3.03. The summed E-state index contributed by atoms with van der Waals surface area (Å²) in [6, 6.07) is 13.4. The molecular weight excluding hydrogens is 691 g/mol. The van der Waals surface area contributed by atoms with Crippen molar-refractivity contribution in [3.8, 4) is 0 Å². The van der Waals surface area contributed by atoms with Gasteiger partial charge < -0.3 is 10.6 Å². The highest BCUT2D eigenvalue weighted by molar-refractivity contribution is 8.14. The van der Waals surface area contributed by atoms with Gasteiger partial charge in [0.25, 0.3) is 18.1 Å². The molecule has 0 aliphatic heterocycles. The largest absolute Gasteiger partial charge is 0.354 e. The number of carbonyl (C=O) groups is 2. The van der Waals surface area contributed by atoms with E-state index in [0.717, 1.165) is 11.1 Å². The van der Waals surface area contributed by atoms with Crippen LogP contribution in [0.2, 0.25) is 0 Å². The Bertz CT molecular complexity index is 2090. The molecule has 1 aliphatic carbocycles. The first-order valence-corrected chi connectivity index (χ1v) is 20.3. The smallest absolute Gasteiger partial charge is 0.261 e. The van der Waals surface area contributed by atoms with Crippen molar-refractivity contribution in [3.05, 3.63) is 104 Å². The Morgan fingerprint density at radius 2 is 0.938 bits per heavy atom. The lowest BCUT2D eigenvalue weighted by atomic mass is 9.82.